The molecular weight excluding hydrogens is 510 g/mol. The van der Waals surface area contributed by atoms with Crippen LogP contribution >= 0.6 is 25.3 Å². The van der Waals surface area contributed by atoms with Crippen LogP contribution in [0.4, 0.5) is 0 Å². The molecule has 0 aromatic heterocycles. The van der Waals surface area contributed by atoms with Gasteiger partial charge in [-0.25, -0.2) is 4.79 Å². The normalized spacial score (nSPS) is 13.9. The fourth-order valence-corrected chi connectivity index (χ4v) is 2.94. The molecule has 4 unspecified atom stereocenters. The van der Waals surface area contributed by atoms with E-state index in [0.29, 0.717) is 0 Å². The number of rotatable bonds is 17. The molecule has 0 aliphatic heterocycles. The van der Waals surface area contributed by atoms with Crippen LogP contribution in [0.1, 0.15) is 25.7 Å². The van der Waals surface area contributed by atoms with Gasteiger partial charge in [-0.05, 0) is 12.8 Å². The van der Waals surface area contributed by atoms with Crippen molar-refractivity contribution in [3.05, 3.63) is 0 Å². The summed E-state index contributed by atoms with van der Waals surface area (Å²) in [5, 5.41) is 35.5. The summed E-state index contributed by atoms with van der Waals surface area (Å²) in [5.74, 6) is -7.54. The van der Waals surface area contributed by atoms with Crippen LogP contribution in [-0.4, -0.2) is 99.1 Å². The number of thiol groups is 2. The maximum atomic E-state index is 12.4. The highest BCUT2D eigenvalue weighted by Crippen LogP contribution is 2.02. The first kappa shape index (κ1) is 31.9. The Morgan fingerprint density at radius 3 is 1.60 bits per heavy atom. The number of amides is 4. The van der Waals surface area contributed by atoms with Crippen molar-refractivity contribution in [1.82, 2.24) is 21.3 Å². The second kappa shape index (κ2) is 16.6. The summed E-state index contributed by atoms with van der Waals surface area (Å²) in [6, 6.07) is -5.20. The Kier molecular flexibility index (Phi) is 15.1. The number of nitrogens with two attached hydrogens (primary N) is 1. The Hall–Kier alpha value is -3.05. The second-order valence-electron chi connectivity index (χ2n) is 7.14. The van der Waals surface area contributed by atoms with Crippen LogP contribution in [0, 0.1) is 0 Å². The third-order valence-electron chi connectivity index (χ3n) is 4.36. The van der Waals surface area contributed by atoms with Gasteiger partial charge in [-0.3, -0.25) is 28.8 Å². The molecule has 17 heteroatoms. The van der Waals surface area contributed by atoms with Crippen molar-refractivity contribution < 1.29 is 48.9 Å². The molecule has 0 aliphatic carbocycles. The molecule has 0 rings (SSSR count). The van der Waals surface area contributed by atoms with Crippen LogP contribution in [0.5, 0.6) is 0 Å². The average molecular weight is 540 g/mol. The molecule has 9 N–H and O–H groups in total. The predicted molar refractivity (Wildman–Crippen MR) is 126 cm³/mol. The highest BCUT2D eigenvalue weighted by molar-refractivity contribution is 7.80. The highest BCUT2D eigenvalue weighted by Gasteiger charge is 2.27. The standard InChI is InChI=1S/C18H29N5O10S2/c19-8(17(30)31)1-3-12(24)22-11(7-35)16(29)23-9(18(32)33)2-4-13(25)21-10(6-34)15(28)20-5-14(26)27/h8-11,34-35H,1-7,19H2,(H,20,28)(H,21,25)(H,22,24)(H,23,29)(H,26,27)(H,30,31)(H,32,33). The molecule has 0 aromatic carbocycles. The van der Waals surface area contributed by atoms with Crippen molar-refractivity contribution in [3.8, 4) is 0 Å². The summed E-state index contributed by atoms with van der Waals surface area (Å²) in [7, 11) is 0. The Bertz CT molecular complexity index is 813. The van der Waals surface area contributed by atoms with Gasteiger partial charge in [0.1, 0.15) is 30.7 Å². The molecule has 0 bridgehead atoms. The summed E-state index contributed by atoms with van der Waals surface area (Å²) in [4.78, 5) is 81.0. The zero-order valence-corrected chi connectivity index (χ0v) is 20.2. The minimum absolute atomic E-state index is 0.156. The lowest BCUT2D eigenvalue weighted by Crippen LogP contribution is -2.53. The second-order valence-corrected chi connectivity index (χ2v) is 7.87. The Labute approximate surface area is 210 Å². The van der Waals surface area contributed by atoms with Crippen molar-refractivity contribution in [3.63, 3.8) is 0 Å². The molecule has 198 valence electrons. The van der Waals surface area contributed by atoms with E-state index in [-0.39, 0.29) is 30.8 Å². The van der Waals surface area contributed by atoms with E-state index >= 15 is 0 Å². The average Bonchev–Trinajstić information content (AvgIpc) is 2.79. The highest BCUT2D eigenvalue weighted by atomic mass is 32.1. The fraction of sp³-hybridized carbons (Fsp3) is 0.611. The number of hydrogen-bond donors (Lipinski definition) is 10. The third-order valence-corrected chi connectivity index (χ3v) is 5.09. The number of hydrogen-bond acceptors (Lipinski definition) is 10. The lowest BCUT2D eigenvalue weighted by molar-refractivity contribution is -0.142. The summed E-state index contributed by atoms with van der Waals surface area (Å²) in [6.07, 6.45) is -1.27. The number of carboxylic acid groups (broad SMARTS) is 3. The summed E-state index contributed by atoms with van der Waals surface area (Å²) >= 11 is 7.84. The van der Waals surface area contributed by atoms with E-state index < -0.39 is 78.7 Å². The topological polar surface area (TPSA) is 254 Å². The van der Waals surface area contributed by atoms with Gasteiger partial charge in [0.2, 0.25) is 23.6 Å². The number of carboxylic acids is 3. The van der Waals surface area contributed by atoms with Crippen molar-refractivity contribution in [2.24, 2.45) is 5.73 Å². The van der Waals surface area contributed by atoms with Crippen molar-refractivity contribution in [2.45, 2.75) is 49.9 Å². The first-order chi connectivity index (χ1) is 16.3. The summed E-state index contributed by atoms with van der Waals surface area (Å²) < 4.78 is 0. The van der Waals surface area contributed by atoms with Crippen LogP contribution in [0.15, 0.2) is 0 Å². The van der Waals surface area contributed by atoms with Crippen LogP contribution < -0.4 is 27.0 Å². The third kappa shape index (κ3) is 13.4. The van der Waals surface area contributed by atoms with Gasteiger partial charge < -0.3 is 42.3 Å². The van der Waals surface area contributed by atoms with Gasteiger partial charge in [-0.1, -0.05) is 0 Å². The fourth-order valence-electron chi connectivity index (χ4n) is 2.42. The predicted octanol–water partition coefficient (Wildman–Crippen LogP) is -3.44. The van der Waals surface area contributed by atoms with E-state index in [1.807, 2.05) is 0 Å². The van der Waals surface area contributed by atoms with Gasteiger partial charge in [0, 0.05) is 24.3 Å². The van der Waals surface area contributed by atoms with E-state index in [1.54, 1.807) is 0 Å². The summed E-state index contributed by atoms with van der Waals surface area (Å²) in [6.45, 7) is -0.665. The molecule has 0 saturated carbocycles. The molecule has 0 radical (unpaired) electrons. The van der Waals surface area contributed by atoms with Crippen LogP contribution in [0.3, 0.4) is 0 Å². The first-order valence-electron chi connectivity index (χ1n) is 10.1. The maximum Gasteiger partial charge on any atom is 0.326 e. The number of carbonyl (C=O) groups excluding carboxylic acids is 4. The number of aliphatic carboxylic acids is 3. The van der Waals surface area contributed by atoms with Crippen molar-refractivity contribution in [2.75, 3.05) is 18.1 Å². The molecule has 0 saturated heterocycles. The lowest BCUT2D eigenvalue weighted by atomic mass is 10.1. The smallest absolute Gasteiger partial charge is 0.326 e. The monoisotopic (exact) mass is 539 g/mol. The zero-order chi connectivity index (χ0) is 27.1. The van der Waals surface area contributed by atoms with Crippen LogP contribution in [0.2, 0.25) is 0 Å². The molecule has 35 heavy (non-hydrogen) atoms. The largest absolute Gasteiger partial charge is 0.480 e. The van der Waals surface area contributed by atoms with Gasteiger partial charge in [0.25, 0.3) is 0 Å². The first-order valence-corrected chi connectivity index (χ1v) is 11.4. The van der Waals surface area contributed by atoms with Crippen molar-refractivity contribution in [1.29, 1.82) is 0 Å². The maximum absolute atomic E-state index is 12.4. The molecule has 0 aliphatic rings. The molecule has 0 fully saturated rings. The molecule has 0 aromatic rings. The SMILES string of the molecule is NC(CCC(=O)NC(CS)C(=O)NC(CCC(=O)NC(CS)C(=O)NCC(=O)O)C(=O)O)C(=O)O. The Morgan fingerprint density at radius 1 is 0.686 bits per heavy atom. The van der Waals surface area contributed by atoms with Gasteiger partial charge in [-0.15, -0.1) is 0 Å². The molecule has 4 atom stereocenters. The van der Waals surface area contributed by atoms with Gasteiger partial charge in [-0.2, -0.15) is 25.3 Å². The van der Waals surface area contributed by atoms with E-state index in [4.69, 9.17) is 15.9 Å². The van der Waals surface area contributed by atoms with Crippen LogP contribution in [0.25, 0.3) is 0 Å². The van der Waals surface area contributed by atoms with Gasteiger partial charge >= 0.3 is 17.9 Å². The van der Waals surface area contributed by atoms with Crippen molar-refractivity contribution >= 4 is 66.8 Å². The molecule has 4 amide bonds. The molecule has 0 heterocycles. The van der Waals surface area contributed by atoms with E-state index in [2.05, 4.69) is 46.5 Å². The zero-order valence-electron chi connectivity index (χ0n) is 18.4. The minimum atomic E-state index is -1.52. The number of nitrogens with one attached hydrogen (secondary N) is 4. The number of carbonyl (C=O) groups is 7. The Morgan fingerprint density at radius 2 is 1.17 bits per heavy atom. The lowest BCUT2D eigenvalue weighted by Gasteiger charge is -2.21. The minimum Gasteiger partial charge on any atom is -0.480 e. The molecule has 0 spiro atoms. The van der Waals surface area contributed by atoms with E-state index in [0.717, 1.165) is 0 Å². The van der Waals surface area contributed by atoms with Gasteiger partial charge in [0.15, 0.2) is 0 Å². The Balaban J connectivity index is 4.83. The molecular formula is C18H29N5O10S2. The van der Waals surface area contributed by atoms with E-state index in [9.17, 15) is 38.7 Å². The van der Waals surface area contributed by atoms with Crippen LogP contribution in [-0.2, 0) is 33.6 Å². The molecule has 15 nitrogen and oxygen atoms in total. The quantitative estimate of drug-likeness (QED) is 0.0813. The summed E-state index contributed by atoms with van der Waals surface area (Å²) in [5.41, 5.74) is 5.31. The van der Waals surface area contributed by atoms with E-state index in [1.165, 1.54) is 0 Å². The van der Waals surface area contributed by atoms with Gasteiger partial charge in [0.05, 0.1) is 0 Å².